The van der Waals surface area contributed by atoms with Crippen LogP contribution in [0.2, 0.25) is 5.15 Å². The number of hydrogen-bond donors (Lipinski definition) is 6. The first kappa shape index (κ1) is 33.3. The molecule has 2 aliphatic rings. The number of nitrogens with two attached hydrogens (primary N) is 4. The second-order valence-electron chi connectivity index (χ2n) is 10.6. The minimum atomic E-state index is -3.72. The molecule has 0 saturated heterocycles. The van der Waals surface area contributed by atoms with E-state index in [1.54, 1.807) is 30.3 Å². The molecule has 48 heavy (non-hydrogen) atoms. The Morgan fingerprint density at radius 2 is 1.67 bits per heavy atom. The molecule has 10 N–H and O–H groups in total. The minimum Gasteiger partial charge on any atom is -0.478 e. The first-order valence-corrected chi connectivity index (χ1v) is 14.2. The van der Waals surface area contributed by atoms with Gasteiger partial charge in [-0.1, -0.05) is 35.9 Å². The smallest absolute Gasteiger partial charge is 0.478 e. The van der Waals surface area contributed by atoms with Crippen LogP contribution < -0.4 is 37.7 Å². The zero-order valence-electron chi connectivity index (χ0n) is 24.8. The van der Waals surface area contributed by atoms with Crippen LogP contribution in [0.5, 0.6) is 11.5 Å². The highest BCUT2D eigenvalue weighted by Gasteiger charge is 2.53. The van der Waals surface area contributed by atoms with E-state index >= 15 is 0 Å². The van der Waals surface area contributed by atoms with Gasteiger partial charge in [0.2, 0.25) is 5.91 Å². The monoisotopic (exact) mass is 681 g/mol. The summed E-state index contributed by atoms with van der Waals surface area (Å²) in [6, 6.07) is 14.2. The number of carbonyl (C=O) groups is 3. The van der Waals surface area contributed by atoms with Gasteiger partial charge < -0.3 is 42.8 Å². The molecule has 3 heterocycles. The Balaban J connectivity index is 0.000000253. The number of nitrogens with zero attached hydrogens (tertiary/aromatic N) is 4. The normalized spacial score (nSPS) is 14.6. The number of aromatic nitrogens is 3. The fraction of sp³-hybridized carbons (Fsp3) is 0.167. The number of rotatable bonds is 6. The van der Waals surface area contributed by atoms with Crippen LogP contribution in [0.4, 0.5) is 26.2 Å². The number of guanidine groups is 1. The second-order valence-corrected chi connectivity index (χ2v) is 10.9. The maximum atomic E-state index is 13.3. The van der Waals surface area contributed by atoms with Crippen molar-refractivity contribution < 1.29 is 37.7 Å². The van der Waals surface area contributed by atoms with Crippen LogP contribution in [-0.2, 0) is 10.2 Å². The molecule has 0 radical (unpaired) electrons. The summed E-state index contributed by atoms with van der Waals surface area (Å²) in [5, 5.41) is 11.9. The molecule has 6 rings (SSSR count). The van der Waals surface area contributed by atoms with Crippen molar-refractivity contribution in [2.45, 2.75) is 31.5 Å². The number of carbonyl (C=O) groups excluding carboxylic acids is 2. The van der Waals surface area contributed by atoms with Gasteiger partial charge in [-0.05, 0) is 61.2 Å². The number of anilines is 3. The van der Waals surface area contributed by atoms with E-state index in [0.29, 0.717) is 35.5 Å². The van der Waals surface area contributed by atoms with Gasteiger partial charge in [-0.15, -0.1) is 8.78 Å². The third kappa shape index (κ3) is 7.00. The van der Waals surface area contributed by atoms with Crippen molar-refractivity contribution in [1.82, 2.24) is 15.0 Å². The van der Waals surface area contributed by atoms with Gasteiger partial charge >= 0.3 is 18.2 Å². The van der Waals surface area contributed by atoms with Gasteiger partial charge in [-0.2, -0.15) is 4.99 Å². The number of halogens is 3. The van der Waals surface area contributed by atoms with Crippen molar-refractivity contribution in [2.24, 2.45) is 16.5 Å². The van der Waals surface area contributed by atoms with Gasteiger partial charge in [0, 0.05) is 5.56 Å². The molecule has 1 saturated carbocycles. The van der Waals surface area contributed by atoms with Crippen LogP contribution in [0.1, 0.15) is 44.8 Å². The van der Waals surface area contributed by atoms with E-state index in [0.717, 1.165) is 5.56 Å². The minimum absolute atomic E-state index is 0.0737. The predicted octanol–water partition coefficient (Wildman–Crippen LogP) is 3.46. The maximum Gasteiger partial charge on any atom is 0.586 e. The van der Waals surface area contributed by atoms with Crippen LogP contribution in [0, 0.1) is 6.92 Å². The Kier molecular flexibility index (Phi) is 8.73. The van der Waals surface area contributed by atoms with Crippen molar-refractivity contribution >= 4 is 52.8 Å². The molecule has 0 spiro atoms. The quantitative estimate of drug-likeness (QED) is 0.126. The van der Waals surface area contributed by atoms with E-state index in [2.05, 4.69) is 34.7 Å². The van der Waals surface area contributed by atoms with Crippen LogP contribution in [-0.4, -0.2) is 50.1 Å². The van der Waals surface area contributed by atoms with Crippen molar-refractivity contribution in [2.75, 3.05) is 16.8 Å². The summed E-state index contributed by atoms with van der Waals surface area (Å²) in [6.07, 6.45) is -2.62. The number of nitrogen functional groups attached to an aromatic ring is 2. The Labute approximate surface area is 274 Å². The number of carboxylic acids is 1. The van der Waals surface area contributed by atoms with E-state index < -0.39 is 29.5 Å². The molecule has 2 aromatic heterocycles. The summed E-state index contributed by atoms with van der Waals surface area (Å²) in [6.45, 7) is 1.84. The molecule has 2 aromatic carbocycles. The Morgan fingerprint density at radius 1 is 0.958 bits per heavy atom. The number of aryl methyl sites for hydroxylation is 1. The van der Waals surface area contributed by atoms with Gasteiger partial charge in [0.25, 0.3) is 0 Å². The van der Waals surface area contributed by atoms with E-state index in [9.17, 15) is 28.3 Å². The number of nitrogens with one attached hydrogen (secondary N) is 1. The molecule has 4 aromatic rings. The van der Waals surface area contributed by atoms with Crippen molar-refractivity contribution in [1.29, 1.82) is 0 Å². The fourth-order valence-corrected chi connectivity index (χ4v) is 4.84. The number of pyridine rings is 1. The summed E-state index contributed by atoms with van der Waals surface area (Å²) in [4.78, 5) is 50.7. The standard InChI is InChI=1S/C24H18F2N2O5.C6H8ClN7O/c1-13-5-8-19(27-20(13)14-3-2-4-15(11-14)21(29)30)28-22(31)23(9-10-23)16-6-7-17-18(12-16)33-24(25,26)32-17;7-2-4(9)13-3(8)1(12-2)5(15)14-6(10)11/h2-8,11-12H,9-10H2,1H3,(H,29,30)(H,27,28,31);(H4,8,9,13)(H4,10,11,14,15). The van der Waals surface area contributed by atoms with E-state index in [4.69, 9.17) is 34.5 Å². The molecule has 1 aliphatic heterocycles. The Hall–Kier alpha value is -6.10. The zero-order valence-corrected chi connectivity index (χ0v) is 25.6. The molecule has 18 heteroatoms. The maximum absolute atomic E-state index is 13.3. The number of aliphatic imine (C=N–C) groups is 1. The molecule has 0 bridgehead atoms. The molecular weight excluding hydrogens is 656 g/mol. The first-order chi connectivity index (χ1) is 22.6. The van der Waals surface area contributed by atoms with Gasteiger partial charge in [0.05, 0.1) is 16.7 Å². The number of ether oxygens (including phenoxy) is 2. The van der Waals surface area contributed by atoms with Crippen LogP contribution in [0.15, 0.2) is 59.6 Å². The van der Waals surface area contributed by atoms with Crippen LogP contribution in [0.25, 0.3) is 11.3 Å². The van der Waals surface area contributed by atoms with E-state index in [-0.39, 0.29) is 45.5 Å². The molecule has 0 atom stereocenters. The number of benzene rings is 2. The molecule has 1 aliphatic carbocycles. The average molecular weight is 682 g/mol. The van der Waals surface area contributed by atoms with Crippen molar-refractivity contribution in [3.05, 3.63) is 82.1 Å². The summed E-state index contributed by atoms with van der Waals surface area (Å²) >= 11 is 5.55. The number of aromatic carboxylic acids is 1. The molecule has 1 fully saturated rings. The van der Waals surface area contributed by atoms with Gasteiger partial charge in [0.15, 0.2) is 39.9 Å². The van der Waals surface area contributed by atoms with Gasteiger partial charge in [-0.3, -0.25) is 9.59 Å². The Morgan fingerprint density at radius 3 is 2.33 bits per heavy atom. The third-order valence-electron chi connectivity index (χ3n) is 7.20. The number of amides is 2. The highest BCUT2D eigenvalue weighted by molar-refractivity contribution is 6.31. The lowest BCUT2D eigenvalue weighted by atomic mass is 9.94. The number of fused-ring (bicyclic) bond motifs is 1. The molecular formula is C30H26ClF2N9O6. The Bertz CT molecular complexity index is 2000. The van der Waals surface area contributed by atoms with Gasteiger partial charge in [0.1, 0.15) is 5.82 Å². The van der Waals surface area contributed by atoms with Crippen LogP contribution >= 0.6 is 11.6 Å². The van der Waals surface area contributed by atoms with Crippen molar-refractivity contribution in [3.8, 4) is 22.8 Å². The number of carboxylic acid groups (broad SMARTS) is 1. The average Bonchev–Trinajstić information content (AvgIpc) is 3.77. The second kappa shape index (κ2) is 12.6. The summed E-state index contributed by atoms with van der Waals surface area (Å²) < 4.78 is 35.6. The van der Waals surface area contributed by atoms with Crippen molar-refractivity contribution in [3.63, 3.8) is 0 Å². The molecule has 248 valence electrons. The summed E-state index contributed by atoms with van der Waals surface area (Å²) in [5.41, 5.74) is 22.3. The number of alkyl halides is 2. The van der Waals surface area contributed by atoms with E-state index in [1.807, 2.05) is 6.92 Å². The summed E-state index contributed by atoms with van der Waals surface area (Å²) in [5.74, 6) is -2.73. The summed E-state index contributed by atoms with van der Waals surface area (Å²) in [7, 11) is 0. The fourth-order valence-electron chi connectivity index (χ4n) is 4.71. The van der Waals surface area contributed by atoms with Crippen LogP contribution in [0.3, 0.4) is 0 Å². The molecule has 15 nitrogen and oxygen atoms in total. The topological polar surface area (TPSA) is 257 Å². The van der Waals surface area contributed by atoms with E-state index in [1.165, 1.54) is 24.3 Å². The lowest BCUT2D eigenvalue weighted by Crippen LogP contribution is -2.28. The van der Waals surface area contributed by atoms with Gasteiger partial charge in [-0.25, -0.2) is 19.7 Å². The SMILES string of the molecule is Cc1ccc(NC(=O)C2(c3ccc4c(c3)OC(F)(F)O4)CC2)nc1-c1cccc(C(=O)O)c1.NC(N)=NC(=O)c1nc(Cl)c(N)nc1N. The lowest BCUT2D eigenvalue weighted by Gasteiger charge is -2.17. The molecule has 2 amide bonds. The highest BCUT2D eigenvalue weighted by Crippen LogP contribution is 2.52. The number of hydrogen-bond acceptors (Lipinski definition) is 10. The lowest BCUT2D eigenvalue weighted by molar-refractivity contribution is -0.286. The zero-order chi connectivity index (χ0) is 35.0. The highest BCUT2D eigenvalue weighted by atomic mass is 35.5. The largest absolute Gasteiger partial charge is 0.586 e. The third-order valence-corrected chi connectivity index (χ3v) is 7.48. The predicted molar refractivity (Wildman–Crippen MR) is 170 cm³/mol. The first-order valence-electron chi connectivity index (χ1n) is 13.8. The molecule has 0 unspecified atom stereocenters.